The number of rotatable bonds is 6. The van der Waals surface area contributed by atoms with Gasteiger partial charge in [-0.3, -0.25) is 14.9 Å². The Balaban J connectivity index is 1.89. The zero-order valence-corrected chi connectivity index (χ0v) is 15.7. The van der Waals surface area contributed by atoms with Crippen LogP contribution in [-0.2, 0) is 11.8 Å². The van der Waals surface area contributed by atoms with Crippen LogP contribution in [0.15, 0.2) is 30.6 Å². The third-order valence-electron chi connectivity index (χ3n) is 4.51. The van der Waals surface area contributed by atoms with Gasteiger partial charge in [-0.2, -0.15) is 0 Å². The van der Waals surface area contributed by atoms with E-state index in [2.05, 4.69) is 4.98 Å². The molecule has 1 atom stereocenters. The van der Waals surface area contributed by atoms with Crippen LogP contribution in [0.1, 0.15) is 16.2 Å². The lowest BCUT2D eigenvalue weighted by Gasteiger charge is -2.35. The SMILES string of the molecule is CN(C)CC1CN(c2ccc(C(=O)c3nccn3C)cc2[N+](=O)[O-])CCO1. The number of likely N-dealkylation sites (N-methyl/N-ethyl adjacent to an activating group) is 1. The van der Waals surface area contributed by atoms with Gasteiger partial charge in [-0.15, -0.1) is 0 Å². The Hall–Kier alpha value is -2.78. The Kier molecular flexibility index (Phi) is 5.52. The lowest BCUT2D eigenvalue weighted by atomic mass is 10.1. The lowest BCUT2D eigenvalue weighted by molar-refractivity contribution is -0.384. The molecule has 1 unspecified atom stereocenters. The molecule has 27 heavy (non-hydrogen) atoms. The summed E-state index contributed by atoms with van der Waals surface area (Å²) in [4.78, 5) is 31.8. The van der Waals surface area contributed by atoms with Crippen molar-refractivity contribution in [1.29, 1.82) is 0 Å². The number of nitro benzene ring substituents is 1. The van der Waals surface area contributed by atoms with E-state index in [-0.39, 0.29) is 29.0 Å². The van der Waals surface area contributed by atoms with Crippen molar-refractivity contribution in [2.45, 2.75) is 6.10 Å². The maximum absolute atomic E-state index is 12.6. The van der Waals surface area contributed by atoms with Gasteiger partial charge in [0.05, 0.1) is 17.6 Å². The number of aromatic nitrogens is 2. The number of nitrogens with zero attached hydrogens (tertiary/aromatic N) is 5. The number of ether oxygens (including phenoxy) is 1. The van der Waals surface area contributed by atoms with Crippen molar-refractivity contribution in [1.82, 2.24) is 14.5 Å². The van der Waals surface area contributed by atoms with Crippen molar-refractivity contribution in [3.05, 3.63) is 52.1 Å². The van der Waals surface area contributed by atoms with Crippen LogP contribution >= 0.6 is 0 Å². The van der Waals surface area contributed by atoms with E-state index < -0.39 is 4.92 Å². The van der Waals surface area contributed by atoms with Gasteiger partial charge in [0, 0.05) is 50.7 Å². The summed E-state index contributed by atoms with van der Waals surface area (Å²) >= 11 is 0. The number of benzene rings is 1. The zero-order valence-electron chi connectivity index (χ0n) is 15.7. The van der Waals surface area contributed by atoms with E-state index in [1.807, 2.05) is 23.9 Å². The van der Waals surface area contributed by atoms with Crippen molar-refractivity contribution < 1.29 is 14.5 Å². The number of nitro groups is 1. The first-order chi connectivity index (χ1) is 12.9. The number of carbonyl (C=O) groups excluding carboxylic acids is 1. The summed E-state index contributed by atoms with van der Waals surface area (Å²) in [6, 6.07) is 4.60. The number of morpholine rings is 1. The molecule has 1 fully saturated rings. The fraction of sp³-hybridized carbons (Fsp3) is 0.444. The van der Waals surface area contributed by atoms with E-state index in [1.54, 1.807) is 29.9 Å². The molecule has 1 aliphatic rings. The molecule has 1 aromatic carbocycles. The van der Waals surface area contributed by atoms with Crippen LogP contribution in [0.25, 0.3) is 0 Å². The van der Waals surface area contributed by atoms with Crippen molar-refractivity contribution in [3.8, 4) is 0 Å². The first-order valence-corrected chi connectivity index (χ1v) is 8.68. The Morgan fingerprint density at radius 2 is 2.22 bits per heavy atom. The quantitative estimate of drug-likeness (QED) is 0.428. The normalized spacial score (nSPS) is 17.3. The van der Waals surface area contributed by atoms with Crippen molar-refractivity contribution in [3.63, 3.8) is 0 Å². The molecule has 0 bridgehead atoms. The fourth-order valence-electron chi connectivity index (χ4n) is 3.25. The van der Waals surface area contributed by atoms with Crippen LogP contribution in [0.3, 0.4) is 0 Å². The monoisotopic (exact) mass is 373 g/mol. The van der Waals surface area contributed by atoms with E-state index in [4.69, 9.17) is 4.74 Å². The fourth-order valence-corrected chi connectivity index (χ4v) is 3.25. The highest BCUT2D eigenvalue weighted by molar-refractivity contribution is 6.07. The second-order valence-electron chi connectivity index (χ2n) is 6.85. The number of hydrogen-bond donors (Lipinski definition) is 0. The van der Waals surface area contributed by atoms with Gasteiger partial charge in [0.15, 0.2) is 5.82 Å². The molecule has 0 amide bonds. The molecule has 1 aromatic heterocycles. The Labute approximate surface area is 157 Å². The number of hydrogen-bond acceptors (Lipinski definition) is 7. The van der Waals surface area contributed by atoms with E-state index in [9.17, 15) is 14.9 Å². The summed E-state index contributed by atoms with van der Waals surface area (Å²) in [5.74, 6) is -0.0981. The van der Waals surface area contributed by atoms with Gasteiger partial charge in [-0.25, -0.2) is 4.98 Å². The molecule has 0 aliphatic carbocycles. The lowest BCUT2D eigenvalue weighted by Crippen LogP contribution is -2.46. The first kappa shape index (κ1) is 19.0. The van der Waals surface area contributed by atoms with E-state index in [0.29, 0.717) is 25.4 Å². The second-order valence-corrected chi connectivity index (χ2v) is 6.85. The van der Waals surface area contributed by atoms with Gasteiger partial charge in [0.25, 0.3) is 5.69 Å². The minimum absolute atomic E-state index is 0.0257. The molecule has 0 N–H and O–H groups in total. The van der Waals surface area contributed by atoms with Crippen LogP contribution in [0, 0.1) is 10.1 Å². The highest BCUT2D eigenvalue weighted by atomic mass is 16.6. The molecule has 2 heterocycles. The smallest absolute Gasteiger partial charge is 0.293 e. The number of ketones is 1. The number of carbonyl (C=O) groups is 1. The molecule has 0 saturated carbocycles. The van der Waals surface area contributed by atoms with E-state index in [0.717, 1.165) is 6.54 Å². The van der Waals surface area contributed by atoms with Gasteiger partial charge in [0.2, 0.25) is 5.78 Å². The average Bonchev–Trinajstić information content (AvgIpc) is 3.06. The summed E-state index contributed by atoms with van der Waals surface area (Å²) in [6.45, 7) is 2.37. The van der Waals surface area contributed by atoms with Crippen molar-refractivity contribution in [2.24, 2.45) is 7.05 Å². The van der Waals surface area contributed by atoms with E-state index in [1.165, 1.54) is 12.3 Å². The molecule has 1 saturated heterocycles. The van der Waals surface area contributed by atoms with Crippen molar-refractivity contribution in [2.75, 3.05) is 45.2 Å². The predicted molar refractivity (Wildman–Crippen MR) is 100 cm³/mol. The average molecular weight is 373 g/mol. The molecule has 9 heteroatoms. The number of aryl methyl sites for hydroxylation is 1. The topological polar surface area (TPSA) is 93.7 Å². The molecule has 0 radical (unpaired) electrons. The minimum Gasteiger partial charge on any atom is -0.373 e. The number of anilines is 1. The first-order valence-electron chi connectivity index (χ1n) is 8.68. The molecule has 9 nitrogen and oxygen atoms in total. The molecular formula is C18H23N5O4. The highest BCUT2D eigenvalue weighted by Gasteiger charge is 2.28. The van der Waals surface area contributed by atoms with Gasteiger partial charge < -0.3 is 19.1 Å². The van der Waals surface area contributed by atoms with Gasteiger partial charge in [-0.1, -0.05) is 0 Å². The standard InChI is InChI=1S/C18H23N5O4/c1-20(2)11-14-12-22(8-9-27-14)15-5-4-13(10-16(15)23(25)26)17(24)18-19-6-7-21(18)3/h4-7,10,14H,8-9,11-12H2,1-3H3. The van der Waals surface area contributed by atoms with Gasteiger partial charge >= 0.3 is 0 Å². The third-order valence-corrected chi connectivity index (χ3v) is 4.51. The summed E-state index contributed by atoms with van der Waals surface area (Å²) in [5, 5.41) is 11.7. The maximum atomic E-state index is 12.6. The molecule has 1 aliphatic heterocycles. The maximum Gasteiger partial charge on any atom is 0.293 e. The third kappa shape index (κ3) is 4.15. The summed E-state index contributed by atoms with van der Waals surface area (Å²) in [7, 11) is 5.63. The Morgan fingerprint density at radius 1 is 1.44 bits per heavy atom. The highest BCUT2D eigenvalue weighted by Crippen LogP contribution is 2.31. The summed E-state index contributed by atoms with van der Waals surface area (Å²) in [6.07, 6.45) is 3.16. The second kappa shape index (κ2) is 7.85. The molecule has 0 spiro atoms. The van der Waals surface area contributed by atoms with Crippen LogP contribution < -0.4 is 4.90 Å². The number of imidazole rings is 1. The molecule has 3 rings (SSSR count). The summed E-state index contributed by atoms with van der Waals surface area (Å²) < 4.78 is 7.34. The van der Waals surface area contributed by atoms with Crippen LogP contribution in [0.2, 0.25) is 0 Å². The van der Waals surface area contributed by atoms with Gasteiger partial charge in [-0.05, 0) is 26.2 Å². The van der Waals surface area contributed by atoms with Crippen LogP contribution in [0.5, 0.6) is 0 Å². The van der Waals surface area contributed by atoms with E-state index >= 15 is 0 Å². The van der Waals surface area contributed by atoms with Crippen LogP contribution in [0.4, 0.5) is 11.4 Å². The Morgan fingerprint density at radius 3 is 2.85 bits per heavy atom. The molecule has 2 aromatic rings. The van der Waals surface area contributed by atoms with Crippen molar-refractivity contribution >= 4 is 17.2 Å². The predicted octanol–water partition coefficient (Wildman–Crippen LogP) is 1.33. The zero-order chi connectivity index (χ0) is 19.6. The largest absolute Gasteiger partial charge is 0.373 e. The molecule has 144 valence electrons. The van der Waals surface area contributed by atoms with Gasteiger partial charge in [0.1, 0.15) is 5.69 Å². The summed E-state index contributed by atoms with van der Waals surface area (Å²) in [5.41, 5.74) is 0.668. The van der Waals surface area contributed by atoms with Crippen LogP contribution in [-0.4, -0.2) is 71.6 Å². The molecular weight excluding hydrogens is 350 g/mol. The minimum atomic E-state index is -0.444. The Bertz CT molecular complexity index is 848.